The Bertz CT molecular complexity index is 776. The lowest BCUT2D eigenvalue weighted by Crippen LogP contribution is -2.39. The SMILES string of the molecule is CCc1ccc(CCC(=O)NC(C(=O)NC)c2ccc(F)c(F)c2)cc1. The molecule has 2 rings (SSSR count). The molecule has 0 aliphatic heterocycles. The van der Waals surface area contributed by atoms with Crippen LogP contribution in [0.25, 0.3) is 0 Å². The number of rotatable bonds is 7. The minimum absolute atomic E-state index is 0.183. The third-order valence-electron chi connectivity index (χ3n) is 4.16. The standard InChI is InChI=1S/C20H22F2N2O2/c1-3-13-4-6-14(7-5-13)8-11-18(25)24-19(20(26)23-2)15-9-10-16(21)17(22)12-15/h4-7,9-10,12,19H,3,8,11H2,1-2H3,(H,23,26)(H,24,25). The average Bonchev–Trinajstić information content (AvgIpc) is 2.66. The lowest BCUT2D eigenvalue weighted by atomic mass is 10.0. The van der Waals surface area contributed by atoms with Crippen molar-refractivity contribution in [3.8, 4) is 0 Å². The first kappa shape index (κ1) is 19.6. The fourth-order valence-electron chi connectivity index (χ4n) is 2.57. The highest BCUT2D eigenvalue weighted by molar-refractivity contribution is 5.88. The Labute approximate surface area is 151 Å². The molecule has 1 unspecified atom stereocenters. The van der Waals surface area contributed by atoms with Crippen LogP contribution in [-0.2, 0) is 22.4 Å². The molecule has 6 heteroatoms. The van der Waals surface area contributed by atoms with Crippen molar-refractivity contribution < 1.29 is 18.4 Å². The van der Waals surface area contributed by atoms with Gasteiger partial charge in [0.05, 0.1) is 0 Å². The summed E-state index contributed by atoms with van der Waals surface area (Å²) >= 11 is 0. The molecule has 0 aliphatic rings. The Kier molecular flexibility index (Phi) is 6.83. The van der Waals surface area contributed by atoms with Gasteiger partial charge in [-0.2, -0.15) is 0 Å². The number of amides is 2. The van der Waals surface area contributed by atoms with Gasteiger partial charge < -0.3 is 10.6 Å². The van der Waals surface area contributed by atoms with Gasteiger partial charge in [0.25, 0.3) is 0 Å². The van der Waals surface area contributed by atoms with Crippen molar-refractivity contribution in [3.63, 3.8) is 0 Å². The van der Waals surface area contributed by atoms with Crippen molar-refractivity contribution in [1.29, 1.82) is 0 Å². The maximum atomic E-state index is 13.5. The molecule has 2 aromatic rings. The van der Waals surface area contributed by atoms with Gasteiger partial charge in [0.1, 0.15) is 6.04 Å². The smallest absolute Gasteiger partial charge is 0.246 e. The zero-order valence-electron chi connectivity index (χ0n) is 14.8. The molecule has 2 amide bonds. The fraction of sp³-hybridized carbons (Fsp3) is 0.300. The molecule has 1 atom stereocenters. The van der Waals surface area contributed by atoms with E-state index in [0.717, 1.165) is 24.1 Å². The van der Waals surface area contributed by atoms with Crippen molar-refractivity contribution >= 4 is 11.8 Å². The molecule has 0 fully saturated rings. The van der Waals surface area contributed by atoms with Crippen LogP contribution in [0.15, 0.2) is 42.5 Å². The van der Waals surface area contributed by atoms with E-state index >= 15 is 0 Å². The van der Waals surface area contributed by atoms with Crippen LogP contribution in [-0.4, -0.2) is 18.9 Å². The quantitative estimate of drug-likeness (QED) is 0.797. The second kappa shape index (κ2) is 9.08. The first-order valence-electron chi connectivity index (χ1n) is 8.48. The predicted octanol–water partition coefficient (Wildman–Crippen LogP) is 3.06. The summed E-state index contributed by atoms with van der Waals surface area (Å²) in [6.07, 6.45) is 1.65. The molecule has 0 heterocycles. The number of carbonyl (C=O) groups is 2. The summed E-state index contributed by atoms with van der Waals surface area (Å²) in [5.74, 6) is -2.92. The molecular formula is C20H22F2N2O2. The Balaban J connectivity index is 2.03. The summed E-state index contributed by atoms with van der Waals surface area (Å²) in [5, 5.41) is 5.00. The van der Waals surface area contributed by atoms with E-state index < -0.39 is 23.6 Å². The number of aryl methyl sites for hydroxylation is 2. The van der Waals surface area contributed by atoms with Crippen LogP contribution in [0.2, 0.25) is 0 Å². The summed E-state index contributed by atoms with van der Waals surface area (Å²) in [4.78, 5) is 24.3. The Morgan fingerprint density at radius 2 is 1.65 bits per heavy atom. The first-order valence-corrected chi connectivity index (χ1v) is 8.48. The van der Waals surface area contributed by atoms with Crippen molar-refractivity contribution in [2.75, 3.05) is 7.05 Å². The van der Waals surface area contributed by atoms with Gasteiger partial charge in [-0.05, 0) is 41.7 Å². The highest BCUT2D eigenvalue weighted by atomic mass is 19.2. The van der Waals surface area contributed by atoms with Crippen LogP contribution >= 0.6 is 0 Å². The number of halogens is 2. The van der Waals surface area contributed by atoms with Gasteiger partial charge >= 0.3 is 0 Å². The summed E-state index contributed by atoms with van der Waals surface area (Å²) < 4.78 is 26.6. The van der Waals surface area contributed by atoms with Crippen molar-refractivity contribution in [2.45, 2.75) is 32.2 Å². The topological polar surface area (TPSA) is 58.2 Å². The molecule has 2 aromatic carbocycles. The number of hydrogen-bond acceptors (Lipinski definition) is 2. The van der Waals surface area contributed by atoms with E-state index in [9.17, 15) is 18.4 Å². The monoisotopic (exact) mass is 360 g/mol. The van der Waals surface area contributed by atoms with E-state index in [0.29, 0.717) is 6.42 Å². The van der Waals surface area contributed by atoms with Gasteiger partial charge in [-0.3, -0.25) is 9.59 Å². The third kappa shape index (κ3) is 5.12. The normalized spacial score (nSPS) is 11.7. The van der Waals surface area contributed by atoms with Gasteiger partial charge in [0.15, 0.2) is 11.6 Å². The molecule has 0 aliphatic carbocycles. The predicted molar refractivity (Wildman–Crippen MR) is 95.4 cm³/mol. The van der Waals surface area contributed by atoms with Gasteiger partial charge in [0, 0.05) is 13.5 Å². The van der Waals surface area contributed by atoms with Crippen LogP contribution in [0.3, 0.4) is 0 Å². The molecule has 0 saturated heterocycles. The van der Waals surface area contributed by atoms with E-state index in [-0.39, 0.29) is 17.9 Å². The number of nitrogens with one attached hydrogen (secondary N) is 2. The minimum atomic E-state index is -1.08. The Hall–Kier alpha value is -2.76. The van der Waals surface area contributed by atoms with Crippen molar-refractivity contribution in [3.05, 3.63) is 70.8 Å². The summed E-state index contributed by atoms with van der Waals surface area (Å²) in [6, 6.07) is 10.0. The minimum Gasteiger partial charge on any atom is -0.357 e. The lowest BCUT2D eigenvalue weighted by molar-refractivity contribution is -0.128. The maximum Gasteiger partial charge on any atom is 0.246 e. The summed E-state index contributed by atoms with van der Waals surface area (Å²) in [6.45, 7) is 2.07. The van der Waals surface area contributed by atoms with Gasteiger partial charge in [-0.25, -0.2) is 8.78 Å². The van der Waals surface area contributed by atoms with Crippen LogP contribution in [0.1, 0.15) is 36.1 Å². The van der Waals surface area contributed by atoms with Gasteiger partial charge in [0.2, 0.25) is 11.8 Å². The second-order valence-electron chi connectivity index (χ2n) is 5.96. The van der Waals surface area contributed by atoms with Crippen molar-refractivity contribution in [2.24, 2.45) is 0 Å². The Morgan fingerprint density at radius 3 is 2.23 bits per heavy atom. The molecule has 0 bridgehead atoms. The highest BCUT2D eigenvalue weighted by Gasteiger charge is 2.22. The third-order valence-corrected chi connectivity index (χ3v) is 4.16. The second-order valence-corrected chi connectivity index (χ2v) is 5.96. The largest absolute Gasteiger partial charge is 0.357 e. The molecule has 0 spiro atoms. The van der Waals surface area contributed by atoms with Crippen LogP contribution in [0, 0.1) is 11.6 Å². The van der Waals surface area contributed by atoms with Gasteiger partial charge in [-0.15, -0.1) is 0 Å². The van der Waals surface area contributed by atoms with E-state index in [1.165, 1.54) is 18.7 Å². The lowest BCUT2D eigenvalue weighted by Gasteiger charge is -2.18. The van der Waals surface area contributed by atoms with Gasteiger partial charge in [-0.1, -0.05) is 37.3 Å². The molecule has 0 radical (unpaired) electrons. The average molecular weight is 360 g/mol. The first-order chi connectivity index (χ1) is 12.4. The fourth-order valence-corrected chi connectivity index (χ4v) is 2.57. The molecular weight excluding hydrogens is 338 g/mol. The zero-order valence-corrected chi connectivity index (χ0v) is 14.8. The molecule has 0 aromatic heterocycles. The molecule has 138 valence electrons. The highest BCUT2D eigenvalue weighted by Crippen LogP contribution is 2.17. The number of benzene rings is 2. The molecule has 4 nitrogen and oxygen atoms in total. The molecule has 26 heavy (non-hydrogen) atoms. The van der Waals surface area contributed by atoms with E-state index in [1.807, 2.05) is 24.3 Å². The van der Waals surface area contributed by atoms with Crippen LogP contribution < -0.4 is 10.6 Å². The van der Waals surface area contributed by atoms with Crippen LogP contribution in [0.5, 0.6) is 0 Å². The van der Waals surface area contributed by atoms with Crippen molar-refractivity contribution in [1.82, 2.24) is 10.6 Å². The van der Waals surface area contributed by atoms with E-state index in [2.05, 4.69) is 17.6 Å². The maximum absolute atomic E-state index is 13.5. The number of likely N-dealkylation sites (N-methyl/N-ethyl adjacent to an activating group) is 1. The number of carbonyl (C=O) groups excluding carboxylic acids is 2. The van der Waals surface area contributed by atoms with E-state index in [1.54, 1.807) is 0 Å². The summed E-state index contributed by atoms with van der Waals surface area (Å²) in [7, 11) is 1.41. The summed E-state index contributed by atoms with van der Waals surface area (Å²) in [5.41, 5.74) is 2.42. The van der Waals surface area contributed by atoms with Crippen LogP contribution in [0.4, 0.5) is 8.78 Å². The number of hydrogen-bond donors (Lipinski definition) is 2. The zero-order chi connectivity index (χ0) is 19.1. The van der Waals surface area contributed by atoms with E-state index in [4.69, 9.17) is 0 Å². The molecule has 2 N–H and O–H groups in total. The Morgan fingerprint density at radius 1 is 1.00 bits per heavy atom. The molecule has 0 saturated carbocycles.